The summed E-state index contributed by atoms with van der Waals surface area (Å²) in [6, 6.07) is 0.537. The molecule has 0 spiro atoms. The summed E-state index contributed by atoms with van der Waals surface area (Å²) in [6.07, 6.45) is 8.47. The summed E-state index contributed by atoms with van der Waals surface area (Å²) in [5, 5.41) is 3.41. The third-order valence-corrected chi connectivity index (χ3v) is 1.92. The van der Waals surface area contributed by atoms with E-state index in [9.17, 15) is 0 Å². The molecule has 0 aromatic rings. The zero-order valence-electron chi connectivity index (χ0n) is 7.93. The van der Waals surface area contributed by atoms with Crippen LogP contribution in [0.5, 0.6) is 0 Å². The van der Waals surface area contributed by atoms with Gasteiger partial charge in [-0.25, -0.2) is 0 Å². The molecule has 0 aromatic carbocycles. The van der Waals surface area contributed by atoms with Gasteiger partial charge >= 0.3 is 0 Å². The predicted octanol–water partition coefficient (Wildman–Crippen LogP) is 2.77. The highest BCUT2D eigenvalue weighted by Crippen LogP contribution is 2.17. The summed E-state index contributed by atoms with van der Waals surface area (Å²) < 4.78 is 0. The molecule has 1 heteroatoms. The van der Waals surface area contributed by atoms with Crippen LogP contribution in [0.4, 0.5) is 0 Å². The van der Waals surface area contributed by atoms with Gasteiger partial charge in [0.15, 0.2) is 0 Å². The van der Waals surface area contributed by atoms with Crippen LogP contribution in [0.1, 0.15) is 26.7 Å². The lowest BCUT2D eigenvalue weighted by Crippen LogP contribution is -2.22. The van der Waals surface area contributed by atoms with E-state index < -0.39 is 0 Å². The fourth-order valence-electron chi connectivity index (χ4n) is 1.31. The second-order valence-corrected chi connectivity index (χ2v) is 3.44. The van der Waals surface area contributed by atoms with Crippen molar-refractivity contribution < 1.29 is 0 Å². The molecule has 0 fully saturated rings. The van der Waals surface area contributed by atoms with Crippen LogP contribution in [0.25, 0.3) is 0 Å². The van der Waals surface area contributed by atoms with Gasteiger partial charge in [0.05, 0.1) is 0 Å². The zero-order valence-corrected chi connectivity index (χ0v) is 7.93. The van der Waals surface area contributed by atoms with Crippen molar-refractivity contribution in [2.24, 2.45) is 0 Å². The Hall–Kier alpha value is -0.980. The molecule has 0 radical (unpaired) electrons. The Balaban J connectivity index is 2.54. The van der Waals surface area contributed by atoms with Crippen LogP contribution in [0, 0.1) is 0 Å². The largest absolute Gasteiger partial charge is 0.386 e. The lowest BCUT2D eigenvalue weighted by atomic mass is 10.0. The van der Waals surface area contributed by atoms with Gasteiger partial charge in [0, 0.05) is 11.7 Å². The smallest absolute Gasteiger partial charge is 0.0201 e. The van der Waals surface area contributed by atoms with Gasteiger partial charge in [-0.2, -0.15) is 0 Å². The number of rotatable bonds is 3. The Morgan fingerprint density at radius 1 is 1.42 bits per heavy atom. The van der Waals surface area contributed by atoms with Crippen LogP contribution >= 0.6 is 0 Å². The minimum atomic E-state index is 0.537. The molecule has 1 aliphatic carbocycles. The van der Waals surface area contributed by atoms with Gasteiger partial charge < -0.3 is 5.32 Å². The van der Waals surface area contributed by atoms with E-state index in [1.807, 2.05) is 6.08 Å². The molecule has 0 bridgehead atoms. The summed E-state index contributed by atoms with van der Waals surface area (Å²) in [5.41, 5.74) is 2.68. The second-order valence-electron chi connectivity index (χ2n) is 3.44. The third-order valence-electron chi connectivity index (χ3n) is 1.92. The highest BCUT2D eigenvalue weighted by molar-refractivity contribution is 5.29. The van der Waals surface area contributed by atoms with E-state index in [2.05, 4.69) is 37.9 Å². The highest BCUT2D eigenvalue weighted by Gasteiger charge is 2.04. The molecule has 66 valence electrons. The SMILES string of the molecule is C=CC1=CC=C(NC(C)C)CC1. The van der Waals surface area contributed by atoms with Crippen molar-refractivity contribution in [2.75, 3.05) is 0 Å². The second kappa shape index (κ2) is 4.15. The summed E-state index contributed by atoms with van der Waals surface area (Å²) in [4.78, 5) is 0. The molecule has 12 heavy (non-hydrogen) atoms. The maximum atomic E-state index is 3.75. The van der Waals surface area contributed by atoms with Gasteiger partial charge in [-0.3, -0.25) is 0 Å². The minimum absolute atomic E-state index is 0.537. The fraction of sp³-hybridized carbons (Fsp3) is 0.455. The molecule has 0 atom stereocenters. The lowest BCUT2D eigenvalue weighted by molar-refractivity contribution is 0.637. The molecule has 0 amide bonds. The number of nitrogens with one attached hydrogen (secondary N) is 1. The van der Waals surface area contributed by atoms with Gasteiger partial charge in [-0.05, 0) is 38.3 Å². The Labute approximate surface area is 74.9 Å². The standard InChI is InChI=1S/C11H17N/c1-4-10-5-7-11(8-6-10)12-9(2)3/h4-5,7,9,12H,1,6,8H2,2-3H3. The van der Waals surface area contributed by atoms with Crippen LogP contribution in [0.3, 0.4) is 0 Å². The molecule has 0 saturated heterocycles. The first-order valence-corrected chi connectivity index (χ1v) is 4.51. The summed E-state index contributed by atoms with van der Waals surface area (Å²) >= 11 is 0. The molecule has 0 aromatic heterocycles. The van der Waals surface area contributed by atoms with E-state index >= 15 is 0 Å². The topological polar surface area (TPSA) is 12.0 Å². The monoisotopic (exact) mass is 163 g/mol. The third kappa shape index (κ3) is 2.57. The van der Waals surface area contributed by atoms with E-state index in [1.165, 1.54) is 11.3 Å². The number of hydrogen-bond acceptors (Lipinski definition) is 1. The van der Waals surface area contributed by atoms with E-state index in [-0.39, 0.29) is 0 Å². The minimum Gasteiger partial charge on any atom is -0.386 e. The van der Waals surface area contributed by atoms with Crippen LogP contribution < -0.4 is 5.32 Å². The van der Waals surface area contributed by atoms with Crippen LogP contribution in [-0.2, 0) is 0 Å². The molecular weight excluding hydrogens is 146 g/mol. The van der Waals surface area contributed by atoms with Crippen molar-refractivity contribution in [1.29, 1.82) is 0 Å². The highest BCUT2D eigenvalue weighted by atomic mass is 14.9. The van der Waals surface area contributed by atoms with E-state index in [0.29, 0.717) is 6.04 Å². The van der Waals surface area contributed by atoms with Gasteiger partial charge in [0.1, 0.15) is 0 Å². The molecule has 1 nitrogen and oxygen atoms in total. The quantitative estimate of drug-likeness (QED) is 0.674. The lowest BCUT2D eigenvalue weighted by Gasteiger charge is -2.17. The number of allylic oxidation sites excluding steroid dienone is 5. The van der Waals surface area contributed by atoms with Crippen molar-refractivity contribution in [3.8, 4) is 0 Å². The number of hydrogen-bond donors (Lipinski definition) is 1. The van der Waals surface area contributed by atoms with Crippen molar-refractivity contribution in [3.63, 3.8) is 0 Å². The van der Waals surface area contributed by atoms with Crippen molar-refractivity contribution in [2.45, 2.75) is 32.7 Å². The summed E-state index contributed by atoms with van der Waals surface area (Å²) in [6.45, 7) is 8.07. The molecule has 0 saturated carbocycles. The van der Waals surface area contributed by atoms with Gasteiger partial charge in [-0.1, -0.05) is 18.7 Å². The van der Waals surface area contributed by atoms with E-state index in [0.717, 1.165) is 12.8 Å². The first-order valence-electron chi connectivity index (χ1n) is 4.51. The summed E-state index contributed by atoms with van der Waals surface area (Å²) in [5.74, 6) is 0. The van der Waals surface area contributed by atoms with Crippen LogP contribution in [0.2, 0.25) is 0 Å². The molecule has 0 heterocycles. The van der Waals surface area contributed by atoms with Gasteiger partial charge in [0.25, 0.3) is 0 Å². The molecule has 1 aliphatic rings. The predicted molar refractivity (Wildman–Crippen MR) is 53.9 cm³/mol. The summed E-state index contributed by atoms with van der Waals surface area (Å²) in [7, 11) is 0. The molecule has 1 N–H and O–H groups in total. The van der Waals surface area contributed by atoms with Gasteiger partial charge in [0.2, 0.25) is 0 Å². The molecule has 1 rings (SSSR count). The van der Waals surface area contributed by atoms with Crippen molar-refractivity contribution in [1.82, 2.24) is 5.32 Å². The Morgan fingerprint density at radius 3 is 2.58 bits per heavy atom. The maximum Gasteiger partial charge on any atom is 0.0201 e. The van der Waals surface area contributed by atoms with Gasteiger partial charge in [-0.15, -0.1) is 0 Å². The maximum absolute atomic E-state index is 3.75. The van der Waals surface area contributed by atoms with E-state index in [4.69, 9.17) is 0 Å². The Morgan fingerprint density at radius 2 is 2.17 bits per heavy atom. The van der Waals surface area contributed by atoms with Crippen LogP contribution in [-0.4, -0.2) is 6.04 Å². The molecule has 0 unspecified atom stereocenters. The first kappa shape index (κ1) is 9.11. The molecule has 0 aliphatic heterocycles. The van der Waals surface area contributed by atoms with Crippen molar-refractivity contribution >= 4 is 0 Å². The van der Waals surface area contributed by atoms with Crippen LogP contribution in [0.15, 0.2) is 36.1 Å². The zero-order chi connectivity index (χ0) is 8.97. The molecular formula is C11H17N. The normalized spacial score (nSPS) is 16.9. The average molecular weight is 163 g/mol. The fourth-order valence-corrected chi connectivity index (χ4v) is 1.31. The van der Waals surface area contributed by atoms with E-state index in [1.54, 1.807) is 0 Å². The first-order chi connectivity index (χ1) is 5.72. The van der Waals surface area contributed by atoms with Crippen molar-refractivity contribution in [3.05, 3.63) is 36.1 Å². The Kier molecular flexibility index (Phi) is 3.15. The Bertz CT molecular complexity index is 221. The average Bonchev–Trinajstić information content (AvgIpc) is 2.05.